The smallest absolute Gasteiger partial charge is 0.234 e. The molecule has 1 unspecified atom stereocenters. The summed E-state index contributed by atoms with van der Waals surface area (Å²) in [5.74, 6) is 1.27. The minimum absolute atomic E-state index is 0.163. The summed E-state index contributed by atoms with van der Waals surface area (Å²) in [7, 11) is 0. The summed E-state index contributed by atoms with van der Waals surface area (Å²) >= 11 is 1.82. The Morgan fingerprint density at radius 1 is 1.50 bits per heavy atom. The van der Waals surface area contributed by atoms with E-state index in [1.165, 1.54) is 0 Å². The lowest BCUT2D eigenvalue weighted by molar-refractivity contribution is -0.123. The number of nitrogens with one attached hydrogen (secondary N) is 2. The third-order valence-corrected chi connectivity index (χ3v) is 3.38. The van der Waals surface area contributed by atoms with E-state index in [1.54, 1.807) is 0 Å². The van der Waals surface area contributed by atoms with Gasteiger partial charge in [0, 0.05) is 32.2 Å². The molecule has 0 radical (unpaired) electrons. The fourth-order valence-electron chi connectivity index (χ4n) is 1.76. The van der Waals surface area contributed by atoms with Gasteiger partial charge in [-0.15, -0.1) is 0 Å². The van der Waals surface area contributed by atoms with Crippen molar-refractivity contribution in [1.29, 1.82) is 0 Å². The summed E-state index contributed by atoms with van der Waals surface area (Å²) in [5, 5.41) is 6.33. The van der Waals surface area contributed by atoms with Crippen molar-refractivity contribution in [3.8, 4) is 0 Å². The average molecular weight is 245 g/mol. The van der Waals surface area contributed by atoms with Crippen molar-refractivity contribution in [3.05, 3.63) is 0 Å². The molecule has 94 valence electrons. The predicted octanol–water partition coefficient (Wildman–Crippen LogP) is 0.149. The van der Waals surface area contributed by atoms with E-state index >= 15 is 0 Å². The second-order valence-electron chi connectivity index (χ2n) is 4.28. The van der Waals surface area contributed by atoms with E-state index < -0.39 is 0 Å². The lowest BCUT2D eigenvalue weighted by Crippen LogP contribution is -2.48. The monoisotopic (exact) mass is 245 g/mol. The second kappa shape index (κ2) is 7.92. The normalized spacial score (nSPS) is 19.4. The molecule has 1 heterocycles. The molecule has 1 aliphatic rings. The average Bonchev–Trinajstić information content (AvgIpc) is 2.27. The van der Waals surface area contributed by atoms with E-state index in [4.69, 9.17) is 0 Å². The molecule has 5 heteroatoms. The molecule has 1 aliphatic heterocycles. The Morgan fingerprint density at radius 2 is 2.19 bits per heavy atom. The predicted molar refractivity (Wildman–Crippen MR) is 69.9 cm³/mol. The zero-order chi connectivity index (χ0) is 11.8. The van der Waals surface area contributed by atoms with E-state index in [9.17, 15) is 4.79 Å². The van der Waals surface area contributed by atoms with Gasteiger partial charge in [0.05, 0.1) is 6.54 Å². The number of rotatable bonds is 6. The van der Waals surface area contributed by atoms with Crippen molar-refractivity contribution in [2.45, 2.75) is 19.4 Å². The molecule has 16 heavy (non-hydrogen) atoms. The molecule has 1 fully saturated rings. The molecule has 0 aromatic heterocycles. The van der Waals surface area contributed by atoms with Crippen molar-refractivity contribution >= 4 is 17.7 Å². The molecule has 0 saturated carbocycles. The number of thioether (sulfide) groups is 1. The zero-order valence-corrected chi connectivity index (χ0v) is 11.1. The first kappa shape index (κ1) is 13.8. The van der Waals surface area contributed by atoms with E-state index in [0.717, 1.165) is 38.4 Å². The van der Waals surface area contributed by atoms with Gasteiger partial charge in [0.2, 0.25) is 5.91 Å². The van der Waals surface area contributed by atoms with Crippen molar-refractivity contribution in [2.75, 3.05) is 44.7 Å². The van der Waals surface area contributed by atoms with Crippen LogP contribution in [0.4, 0.5) is 0 Å². The summed E-state index contributed by atoms with van der Waals surface area (Å²) in [6.45, 7) is 6.57. The lowest BCUT2D eigenvalue weighted by atomic mass is 10.2. The van der Waals surface area contributed by atoms with Crippen LogP contribution in [0.25, 0.3) is 0 Å². The molecule has 0 bridgehead atoms. The molecule has 4 nitrogen and oxygen atoms in total. The Kier molecular flexibility index (Phi) is 6.84. The molecular weight excluding hydrogens is 222 g/mol. The van der Waals surface area contributed by atoms with Gasteiger partial charge in [-0.05, 0) is 25.4 Å². The summed E-state index contributed by atoms with van der Waals surface area (Å²) in [5.41, 5.74) is 0. The molecule has 0 aromatic carbocycles. The maximum Gasteiger partial charge on any atom is 0.234 e. The molecule has 0 aliphatic carbocycles. The molecule has 0 aromatic rings. The van der Waals surface area contributed by atoms with E-state index in [2.05, 4.69) is 28.7 Å². The minimum atomic E-state index is 0.163. The van der Waals surface area contributed by atoms with Gasteiger partial charge < -0.3 is 10.6 Å². The third-order valence-electron chi connectivity index (χ3n) is 2.74. The van der Waals surface area contributed by atoms with Crippen LogP contribution >= 0.6 is 11.8 Å². The Balaban J connectivity index is 2.13. The summed E-state index contributed by atoms with van der Waals surface area (Å²) in [6.07, 6.45) is 3.14. The highest BCUT2D eigenvalue weighted by molar-refractivity contribution is 7.98. The van der Waals surface area contributed by atoms with Gasteiger partial charge in [-0.2, -0.15) is 11.8 Å². The molecular formula is C11H23N3OS. The van der Waals surface area contributed by atoms with Crippen LogP contribution in [-0.4, -0.2) is 61.6 Å². The molecule has 2 N–H and O–H groups in total. The van der Waals surface area contributed by atoms with Gasteiger partial charge in [0.25, 0.3) is 0 Å². The molecule has 1 saturated heterocycles. The van der Waals surface area contributed by atoms with Gasteiger partial charge in [-0.1, -0.05) is 0 Å². The summed E-state index contributed by atoms with van der Waals surface area (Å²) in [4.78, 5) is 13.9. The molecule has 1 rings (SSSR count). The maximum absolute atomic E-state index is 11.7. The number of hydrogen-bond acceptors (Lipinski definition) is 4. The summed E-state index contributed by atoms with van der Waals surface area (Å²) < 4.78 is 0. The summed E-state index contributed by atoms with van der Waals surface area (Å²) in [6, 6.07) is 0.294. The SMILES string of the molecule is CSCCC(C)NC(=O)CN1CCNCC1. The van der Waals surface area contributed by atoms with Crippen LogP contribution in [0.3, 0.4) is 0 Å². The van der Waals surface area contributed by atoms with Gasteiger partial charge in [-0.25, -0.2) is 0 Å². The lowest BCUT2D eigenvalue weighted by Gasteiger charge is -2.27. The van der Waals surface area contributed by atoms with Gasteiger partial charge in [0.1, 0.15) is 0 Å². The fraction of sp³-hybridized carbons (Fsp3) is 0.909. The van der Waals surface area contributed by atoms with Crippen LogP contribution in [0.15, 0.2) is 0 Å². The highest BCUT2D eigenvalue weighted by Gasteiger charge is 2.14. The van der Waals surface area contributed by atoms with Gasteiger partial charge in [-0.3, -0.25) is 9.69 Å². The number of hydrogen-bond donors (Lipinski definition) is 2. The second-order valence-corrected chi connectivity index (χ2v) is 5.26. The van der Waals surface area contributed by atoms with Crippen molar-refractivity contribution in [3.63, 3.8) is 0 Å². The van der Waals surface area contributed by atoms with Gasteiger partial charge >= 0.3 is 0 Å². The quantitative estimate of drug-likeness (QED) is 0.699. The zero-order valence-electron chi connectivity index (χ0n) is 10.3. The van der Waals surface area contributed by atoms with Crippen molar-refractivity contribution in [1.82, 2.24) is 15.5 Å². The van der Waals surface area contributed by atoms with Crippen LogP contribution in [-0.2, 0) is 4.79 Å². The Morgan fingerprint density at radius 3 is 2.81 bits per heavy atom. The van der Waals surface area contributed by atoms with Gasteiger partial charge in [0.15, 0.2) is 0 Å². The topological polar surface area (TPSA) is 44.4 Å². The first-order chi connectivity index (χ1) is 7.72. The van der Waals surface area contributed by atoms with Crippen LogP contribution in [0.5, 0.6) is 0 Å². The number of nitrogens with zero attached hydrogens (tertiary/aromatic N) is 1. The largest absolute Gasteiger partial charge is 0.353 e. The first-order valence-corrected chi connectivity index (χ1v) is 7.33. The fourth-order valence-corrected chi connectivity index (χ4v) is 2.35. The molecule has 1 amide bonds. The van der Waals surface area contributed by atoms with Crippen LogP contribution < -0.4 is 10.6 Å². The first-order valence-electron chi connectivity index (χ1n) is 5.93. The number of piperazine rings is 1. The highest BCUT2D eigenvalue weighted by Crippen LogP contribution is 2.00. The Labute approximate surface area is 103 Å². The number of carbonyl (C=O) groups is 1. The highest BCUT2D eigenvalue weighted by atomic mass is 32.2. The van der Waals surface area contributed by atoms with E-state index in [0.29, 0.717) is 12.6 Å². The third kappa shape index (κ3) is 5.72. The number of carbonyl (C=O) groups excluding carboxylic acids is 1. The number of amides is 1. The van der Waals surface area contributed by atoms with E-state index in [1.807, 2.05) is 11.8 Å². The van der Waals surface area contributed by atoms with Crippen LogP contribution in [0.2, 0.25) is 0 Å². The van der Waals surface area contributed by atoms with Crippen LogP contribution in [0.1, 0.15) is 13.3 Å². The minimum Gasteiger partial charge on any atom is -0.353 e. The Bertz CT molecular complexity index is 207. The molecule has 1 atom stereocenters. The van der Waals surface area contributed by atoms with Crippen molar-refractivity contribution < 1.29 is 4.79 Å². The van der Waals surface area contributed by atoms with Crippen molar-refractivity contribution in [2.24, 2.45) is 0 Å². The Hall–Kier alpha value is -0.260. The maximum atomic E-state index is 11.7. The molecule has 0 spiro atoms. The van der Waals surface area contributed by atoms with Crippen LogP contribution in [0, 0.1) is 0 Å². The standard InChI is InChI=1S/C11H23N3OS/c1-10(3-8-16-2)13-11(15)9-14-6-4-12-5-7-14/h10,12H,3-9H2,1-2H3,(H,13,15). The van der Waals surface area contributed by atoms with E-state index in [-0.39, 0.29) is 5.91 Å².